The van der Waals surface area contributed by atoms with Crippen LogP contribution in [0, 0.1) is 0 Å². The molecule has 11 heteroatoms. The molecule has 0 radical (unpaired) electrons. The van der Waals surface area contributed by atoms with Gasteiger partial charge in [-0.05, 0) is 42.8 Å². The molecule has 2 aromatic rings. The number of rotatable bonds is 6. The molecule has 33 heavy (non-hydrogen) atoms. The van der Waals surface area contributed by atoms with Gasteiger partial charge in [0.1, 0.15) is 17.2 Å². The maximum absolute atomic E-state index is 13.3. The molecule has 1 heterocycles. The van der Waals surface area contributed by atoms with Crippen LogP contribution in [0.1, 0.15) is 12.5 Å². The minimum absolute atomic E-state index is 0.166. The summed E-state index contributed by atoms with van der Waals surface area (Å²) in [6, 6.07) is 11.0. The molecule has 0 saturated heterocycles. The number of nitrogens with two attached hydrogens (primary N) is 1. The zero-order valence-electron chi connectivity index (χ0n) is 18.0. The van der Waals surface area contributed by atoms with Crippen molar-refractivity contribution < 1.29 is 23.9 Å². The zero-order chi connectivity index (χ0) is 24.1. The number of amidine groups is 1. The molecule has 1 aliphatic heterocycles. The fraction of sp³-hybridized carbons (Fsp3) is 0.182. The quantitative estimate of drug-likeness (QED) is 0.600. The van der Waals surface area contributed by atoms with Gasteiger partial charge in [0, 0.05) is 6.07 Å². The minimum Gasteiger partial charge on any atom is -0.497 e. The van der Waals surface area contributed by atoms with Crippen LogP contribution in [0.15, 0.2) is 53.2 Å². The van der Waals surface area contributed by atoms with Crippen molar-refractivity contribution in [2.75, 3.05) is 19.1 Å². The van der Waals surface area contributed by atoms with Crippen molar-refractivity contribution >= 4 is 58.1 Å². The number of nitrogens with zero attached hydrogens (tertiary/aromatic N) is 2. The highest BCUT2D eigenvalue weighted by Gasteiger charge is 2.34. The number of methoxy groups -OCH3 is 2. The fourth-order valence-electron chi connectivity index (χ4n) is 2.88. The van der Waals surface area contributed by atoms with Crippen molar-refractivity contribution in [2.45, 2.75) is 12.2 Å². The van der Waals surface area contributed by atoms with Gasteiger partial charge in [-0.2, -0.15) is 0 Å². The van der Waals surface area contributed by atoms with Crippen LogP contribution in [-0.2, 0) is 9.59 Å². The predicted molar refractivity (Wildman–Crippen MR) is 129 cm³/mol. The molecule has 0 saturated carbocycles. The van der Waals surface area contributed by atoms with Gasteiger partial charge in [0.2, 0.25) is 5.91 Å². The molecule has 1 atom stereocenters. The Bertz CT molecular complexity index is 1150. The van der Waals surface area contributed by atoms with Crippen LogP contribution in [-0.4, -0.2) is 42.5 Å². The molecule has 0 spiro atoms. The van der Waals surface area contributed by atoms with Gasteiger partial charge in [-0.15, -0.1) is 0 Å². The van der Waals surface area contributed by atoms with Crippen molar-refractivity contribution in [3.63, 3.8) is 0 Å². The van der Waals surface area contributed by atoms with E-state index in [4.69, 9.17) is 26.8 Å². The maximum atomic E-state index is 13.3. The monoisotopic (exact) mass is 488 g/mol. The van der Waals surface area contributed by atoms with E-state index >= 15 is 0 Å². The number of carbonyl (C=O) groups excluding carboxylic acids is 3. The Balaban J connectivity index is 1.99. The van der Waals surface area contributed by atoms with E-state index in [1.165, 1.54) is 12.0 Å². The SMILES string of the molecule is COc1ccc(/C=C2\N=C(S[C@@H](C)C(=O)NC(N)=O)N(c3ccc(Cl)c(OC)c3)C2=O)cc1. The molecule has 0 aromatic heterocycles. The van der Waals surface area contributed by atoms with Crippen LogP contribution in [0.3, 0.4) is 0 Å². The summed E-state index contributed by atoms with van der Waals surface area (Å²) < 4.78 is 10.4. The number of thioether (sulfide) groups is 1. The lowest BCUT2D eigenvalue weighted by atomic mass is 10.2. The number of primary amides is 1. The van der Waals surface area contributed by atoms with E-state index in [0.717, 1.165) is 17.3 Å². The number of amides is 4. The standard InChI is InChI=1S/C22H21ClN4O5S/c1-12(19(28)26-21(24)30)33-22-25-17(10-13-4-7-15(31-2)8-5-13)20(29)27(22)14-6-9-16(23)18(11-14)32-3/h4-12H,1-3H3,(H3,24,26,28,30)/b17-10-/t12-/m0/s1. The average Bonchev–Trinajstić information content (AvgIpc) is 3.08. The van der Waals surface area contributed by atoms with E-state index in [1.54, 1.807) is 62.6 Å². The molecule has 3 rings (SSSR count). The average molecular weight is 489 g/mol. The molecule has 0 aliphatic carbocycles. The second kappa shape index (κ2) is 10.4. The van der Waals surface area contributed by atoms with Gasteiger partial charge < -0.3 is 15.2 Å². The first-order chi connectivity index (χ1) is 15.7. The molecule has 2 aromatic carbocycles. The van der Waals surface area contributed by atoms with Crippen LogP contribution in [0.25, 0.3) is 6.08 Å². The lowest BCUT2D eigenvalue weighted by Gasteiger charge is -2.20. The number of hydrogen-bond acceptors (Lipinski definition) is 7. The molecule has 3 N–H and O–H groups in total. The highest BCUT2D eigenvalue weighted by atomic mass is 35.5. The Morgan fingerprint density at radius 3 is 2.48 bits per heavy atom. The van der Waals surface area contributed by atoms with E-state index in [-0.39, 0.29) is 10.9 Å². The summed E-state index contributed by atoms with van der Waals surface area (Å²) in [4.78, 5) is 42.4. The first kappa shape index (κ1) is 24.1. The number of imide groups is 1. The summed E-state index contributed by atoms with van der Waals surface area (Å²) in [7, 11) is 3.03. The third kappa shape index (κ3) is 5.65. The molecule has 4 amide bonds. The smallest absolute Gasteiger partial charge is 0.318 e. The number of hydrogen-bond donors (Lipinski definition) is 2. The third-order valence-electron chi connectivity index (χ3n) is 4.54. The van der Waals surface area contributed by atoms with E-state index in [1.807, 2.05) is 5.32 Å². The molecule has 9 nitrogen and oxygen atoms in total. The summed E-state index contributed by atoms with van der Waals surface area (Å²) in [5, 5.41) is 1.89. The minimum atomic E-state index is -0.962. The van der Waals surface area contributed by atoms with Crippen molar-refractivity contribution in [1.82, 2.24) is 5.32 Å². The number of carbonyl (C=O) groups is 3. The Kier molecular flexibility index (Phi) is 7.62. The summed E-state index contributed by atoms with van der Waals surface area (Å²) in [6.07, 6.45) is 1.63. The lowest BCUT2D eigenvalue weighted by Crippen LogP contribution is -2.41. The van der Waals surface area contributed by atoms with E-state index in [2.05, 4.69) is 4.99 Å². The Labute approximate surface area is 199 Å². The number of anilines is 1. The van der Waals surface area contributed by atoms with Crippen LogP contribution in [0.2, 0.25) is 5.02 Å². The lowest BCUT2D eigenvalue weighted by molar-refractivity contribution is -0.119. The Hall–Kier alpha value is -3.50. The molecular weight excluding hydrogens is 468 g/mol. The Morgan fingerprint density at radius 1 is 1.18 bits per heavy atom. The van der Waals surface area contributed by atoms with E-state index < -0.39 is 23.1 Å². The number of urea groups is 1. The van der Waals surface area contributed by atoms with E-state index in [9.17, 15) is 14.4 Å². The number of aliphatic imine (C=N–C) groups is 1. The summed E-state index contributed by atoms with van der Waals surface area (Å²) in [5.41, 5.74) is 6.39. The molecule has 0 unspecified atom stereocenters. The van der Waals surface area contributed by atoms with Gasteiger partial charge in [-0.3, -0.25) is 19.8 Å². The van der Waals surface area contributed by atoms with Gasteiger partial charge in [0.15, 0.2) is 5.17 Å². The molecule has 0 bridgehead atoms. The van der Waals surface area contributed by atoms with Crippen LogP contribution < -0.4 is 25.4 Å². The first-order valence-corrected chi connectivity index (χ1v) is 10.9. The number of ether oxygens (including phenoxy) is 2. The van der Waals surface area contributed by atoms with Gasteiger partial charge in [0.25, 0.3) is 5.91 Å². The van der Waals surface area contributed by atoms with Crippen molar-refractivity contribution in [2.24, 2.45) is 10.7 Å². The molecule has 172 valence electrons. The van der Waals surface area contributed by atoms with Crippen LogP contribution in [0.4, 0.5) is 10.5 Å². The van der Waals surface area contributed by atoms with Crippen LogP contribution in [0.5, 0.6) is 11.5 Å². The molecule has 0 fully saturated rings. The fourth-order valence-corrected chi connectivity index (χ4v) is 4.00. The molecular formula is C22H21ClN4O5S. The zero-order valence-corrected chi connectivity index (χ0v) is 19.6. The highest BCUT2D eigenvalue weighted by Crippen LogP contribution is 2.35. The van der Waals surface area contributed by atoms with Gasteiger partial charge >= 0.3 is 6.03 Å². The van der Waals surface area contributed by atoms with Crippen molar-refractivity contribution in [1.29, 1.82) is 0 Å². The van der Waals surface area contributed by atoms with Crippen LogP contribution >= 0.6 is 23.4 Å². The highest BCUT2D eigenvalue weighted by molar-refractivity contribution is 8.15. The summed E-state index contributed by atoms with van der Waals surface area (Å²) >= 11 is 7.13. The largest absolute Gasteiger partial charge is 0.497 e. The number of nitrogens with one attached hydrogen (secondary N) is 1. The molecule has 1 aliphatic rings. The van der Waals surface area contributed by atoms with Gasteiger partial charge in [-0.1, -0.05) is 35.5 Å². The normalized spacial score (nSPS) is 15.3. The van der Waals surface area contributed by atoms with Gasteiger partial charge in [-0.25, -0.2) is 9.79 Å². The van der Waals surface area contributed by atoms with Gasteiger partial charge in [0.05, 0.1) is 30.2 Å². The predicted octanol–water partition coefficient (Wildman–Crippen LogP) is 3.42. The second-order valence-electron chi connectivity index (χ2n) is 6.77. The number of halogens is 1. The topological polar surface area (TPSA) is 123 Å². The Morgan fingerprint density at radius 2 is 1.88 bits per heavy atom. The van der Waals surface area contributed by atoms with Crippen molar-refractivity contribution in [3.05, 3.63) is 58.7 Å². The maximum Gasteiger partial charge on any atom is 0.318 e. The van der Waals surface area contributed by atoms with E-state index in [0.29, 0.717) is 22.2 Å². The number of benzene rings is 2. The summed E-state index contributed by atoms with van der Waals surface area (Å²) in [5.74, 6) is 0.0429. The third-order valence-corrected chi connectivity index (χ3v) is 5.90. The first-order valence-electron chi connectivity index (χ1n) is 9.63. The summed E-state index contributed by atoms with van der Waals surface area (Å²) in [6.45, 7) is 1.57. The van der Waals surface area contributed by atoms with Crippen molar-refractivity contribution in [3.8, 4) is 11.5 Å². The second-order valence-corrected chi connectivity index (χ2v) is 8.49.